The Morgan fingerprint density at radius 2 is 1.96 bits per heavy atom. The molecular weight excluding hydrogens is 396 g/mol. The molecule has 0 bridgehead atoms. The summed E-state index contributed by atoms with van der Waals surface area (Å²) in [4.78, 5) is 16.7. The van der Waals surface area contributed by atoms with Gasteiger partial charge in [0.15, 0.2) is 6.61 Å². The molecule has 1 amide bonds. The number of aryl methyl sites for hydroxylation is 2. The number of pyridine rings is 1. The summed E-state index contributed by atoms with van der Waals surface area (Å²) >= 11 is 3.44. The molecule has 3 rings (SSSR count). The predicted molar refractivity (Wildman–Crippen MR) is 106 cm³/mol. The highest BCUT2D eigenvalue weighted by atomic mass is 79.9. The lowest BCUT2D eigenvalue weighted by Crippen LogP contribution is -2.20. The molecule has 0 aliphatic rings. The van der Waals surface area contributed by atoms with Gasteiger partial charge < -0.3 is 14.8 Å². The normalized spacial score (nSPS) is 10.6. The summed E-state index contributed by atoms with van der Waals surface area (Å²) < 4.78 is 12.0. The van der Waals surface area contributed by atoms with Gasteiger partial charge in [0.2, 0.25) is 0 Å². The molecule has 6 heteroatoms. The molecular formula is C20H19BrN2O3. The second-order valence-electron chi connectivity index (χ2n) is 5.95. The Morgan fingerprint density at radius 1 is 1.15 bits per heavy atom. The number of amides is 1. The number of carbonyl (C=O) groups excluding carboxylic acids is 1. The van der Waals surface area contributed by atoms with E-state index in [0.29, 0.717) is 11.5 Å². The van der Waals surface area contributed by atoms with Gasteiger partial charge in [0.25, 0.3) is 5.91 Å². The third kappa shape index (κ3) is 4.14. The fourth-order valence-electron chi connectivity index (χ4n) is 2.61. The minimum Gasteiger partial charge on any atom is -0.497 e. The topological polar surface area (TPSA) is 60.5 Å². The van der Waals surface area contributed by atoms with Crippen molar-refractivity contribution in [2.45, 2.75) is 13.8 Å². The van der Waals surface area contributed by atoms with Crippen molar-refractivity contribution in [1.29, 1.82) is 0 Å². The maximum atomic E-state index is 12.2. The maximum absolute atomic E-state index is 12.2. The monoisotopic (exact) mass is 414 g/mol. The fraction of sp³-hybridized carbons (Fsp3) is 0.200. The number of rotatable bonds is 5. The first-order chi connectivity index (χ1) is 12.5. The van der Waals surface area contributed by atoms with Crippen LogP contribution in [-0.2, 0) is 4.79 Å². The van der Waals surface area contributed by atoms with E-state index in [2.05, 4.69) is 26.2 Å². The minimum absolute atomic E-state index is 0.0924. The largest absolute Gasteiger partial charge is 0.497 e. The van der Waals surface area contributed by atoms with Crippen LogP contribution in [0.3, 0.4) is 0 Å². The van der Waals surface area contributed by atoms with Crippen molar-refractivity contribution < 1.29 is 14.3 Å². The molecule has 1 heterocycles. The van der Waals surface area contributed by atoms with E-state index in [1.54, 1.807) is 7.11 Å². The first-order valence-corrected chi connectivity index (χ1v) is 8.90. The Labute approximate surface area is 160 Å². The summed E-state index contributed by atoms with van der Waals surface area (Å²) in [5.74, 6) is 1.09. The number of aromatic nitrogens is 1. The van der Waals surface area contributed by atoms with Crippen LogP contribution in [0.25, 0.3) is 10.9 Å². The Balaban J connectivity index is 1.76. The maximum Gasteiger partial charge on any atom is 0.262 e. The van der Waals surface area contributed by atoms with E-state index < -0.39 is 0 Å². The number of halogens is 1. The van der Waals surface area contributed by atoms with Gasteiger partial charge in [-0.2, -0.15) is 0 Å². The number of ether oxygens (including phenoxy) is 2. The van der Waals surface area contributed by atoms with Gasteiger partial charge in [-0.05, 0) is 55.8 Å². The van der Waals surface area contributed by atoms with Gasteiger partial charge in [-0.25, -0.2) is 0 Å². The summed E-state index contributed by atoms with van der Waals surface area (Å²) in [6, 6.07) is 13.0. The van der Waals surface area contributed by atoms with E-state index in [9.17, 15) is 4.79 Å². The summed E-state index contributed by atoms with van der Waals surface area (Å²) in [5, 5.41) is 3.65. The Morgan fingerprint density at radius 3 is 2.69 bits per heavy atom. The molecule has 0 unspecified atom stereocenters. The second kappa shape index (κ2) is 7.74. The quantitative estimate of drug-likeness (QED) is 0.660. The van der Waals surface area contributed by atoms with Gasteiger partial charge in [-0.1, -0.05) is 15.9 Å². The molecule has 26 heavy (non-hydrogen) atoms. The third-order valence-electron chi connectivity index (χ3n) is 3.91. The van der Waals surface area contributed by atoms with Gasteiger partial charge >= 0.3 is 0 Å². The Hall–Kier alpha value is -2.60. The molecule has 134 valence electrons. The van der Waals surface area contributed by atoms with Crippen LogP contribution in [0.5, 0.6) is 11.5 Å². The molecule has 1 N–H and O–H groups in total. The Bertz CT molecular complexity index is 973. The highest BCUT2D eigenvalue weighted by molar-refractivity contribution is 9.10. The zero-order valence-electron chi connectivity index (χ0n) is 14.8. The van der Waals surface area contributed by atoms with Crippen molar-refractivity contribution >= 4 is 38.4 Å². The van der Waals surface area contributed by atoms with Gasteiger partial charge in [-0.15, -0.1) is 0 Å². The number of benzene rings is 2. The lowest BCUT2D eigenvalue weighted by molar-refractivity contribution is -0.118. The molecule has 5 nitrogen and oxygen atoms in total. The molecule has 0 aliphatic carbocycles. The minimum atomic E-state index is -0.225. The van der Waals surface area contributed by atoms with E-state index in [-0.39, 0.29) is 12.5 Å². The van der Waals surface area contributed by atoms with Crippen LogP contribution in [0.15, 0.2) is 46.9 Å². The van der Waals surface area contributed by atoms with Crippen molar-refractivity contribution in [3.63, 3.8) is 0 Å². The van der Waals surface area contributed by atoms with Crippen LogP contribution < -0.4 is 14.8 Å². The molecule has 3 aromatic rings. The van der Waals surface area contributed by atoms with Crippen LogP contribution in [0.1, 0.15) is 11.3 Å². The second-order valence-corrected chi connectivity index (χ2v) is 6.80. The third-order valence-corrected chi connectivity index (χ3v) is 4.80. The van der Waals surface area contributed by atoms with Crippen molar-refractivity contribution in [1.82, 2.24) is 4.98 Å². The highest BCUT2D eigenvalue weighted by Crippen LogP contribution is 2.29. The van der Waals surface area contributed by atoms with Crippen LogP contribution in [0.4, 0.5) is 5.69 Å². The summed E-state index contributed by atoms with van der Waals surface area (Å²) in [7, 11) is 1.61. The lowest BCUT2D eigenvalue weighted by atomic mass is 10.1. The predicted octanol–water partition coefficient (Wildman–Crippen LogP) is 4.64. The van der Waals surface area contributed by atoms with Gasteiger partial charge in [-0.3, -0.25) is 9.78 Å². The fourth-order valence-corrected chi connectivity index (χ4v) is 2.86. The van der Waals surface area contributed by atoms with Crippen LogP contribution in [0, 0.1) is 13.8 Å². The smallest absolute Gasteiger partial charge is 0.262 e. The summed E-state index contributed by atoms with van der Waals surface area (Å²) in [6.07, 6.45) is 0. The molecule has 0 fully saturated rings. The first kappa shape index (κ1) is 18.2. The number of hydrogen-bond acceptors (Lipinski definition) is 4. The number of fused-ring (bicyclic) bond motifs is 1. The van der Waals surface area contributed by atoms with Crippen molar-refractivity contribution in [3.8, 4) is 11.5 Å². The molecule has 0 aliphatic heterocycles. The number of methoxy groups -OCH3 is 1. The lowest BCUT2D eigenvalue weighted by Gasteiger charge is -2.12. The van der Waals surface area contributed by atoms with Crippen LogP contribution in [-0.4, -0.2) is 24.6 Å². The summed E-state index contributed by atoms with van der Waals surface area (Å²) in [6.45, 7) is 3.77. The van der Waals surface area contributed by atoms with Gasteiger partial charge in [0, 0.05) is 27.3 Å². The number of anilines is 1. The molecule has 2 aromatic carbocycles. The van der Waals surface area contributed by atoms with Crippen molar-refractivity contribution in [2.24, 2.45) is 0 Å². The average molecular weight is 415 g/mol. The van der Waals surface area contributed by atoms with E-state index in [1.807, 2.05) is 56.3 Å². The standard InChI is InChI=1S/C20H19BrN2O3/c1-12-8-14(4-6-17(12)21)23-20(24)11-26-19-9-13(2)22-18-7-5-15(25-3)10-16(18)19/h4-10H,11H2,1-3H3,(H,23,24). The average Bonchev–Trinajstić information content (AvgIpc) is 2.62. The van der Waals surface area contributed by atoms with E-state index in [1.165, 1.54) is 0 Å². The zero-order valence-corrected chi connectivity index (χ0v) is 16.4. The zero-order chi connectivity index (χ0) is 18.7. The number of carbonyl (C=O) groups is 1. The first-order valence-electron chi connectivity index (χ1n) is 8.10. The molecule has 0 atom stereocenters. The number of nitrogens with zero attached hydrogens (tertiary/aromatic N) is 1. The van der Waals surface area contributed by atoms with Gasteiger partial charge in [0.1, 0.15) is 11.5 Å². The van der Waals surface area contributed by atoms with E-state index in [4.69, 9.17) is 9.47 Å². The molecule has 1 aromatic heterocycles. The SMILES string of the molecule is COc1ccc2nc(C)cc(OCC(=O)Nc3ccc(Br)c(C)c3)c2c1. The van der Waals surface area contributed by atoms with Crippen molar-refractivity contribution in [2.75, 3.05) is 19.0 Å². The molecule has 0 saturated carbocycles. The van der Waals surface area contributed by atoms with Crippen LogP contribution >= 0.6 is 15.9 Å². The summed E-state index contributed by atoms with van der Waals surface area (Å²) in [5.41, 5.74) is 3.40. The molecule has 0 saturated heterocycles. The van der Waals surface area contributed by atoms with E-state index in [0.717, 1.165) is 32.3 Å². The number of nitrogens with one attached hydrogen (secondary N) is 1. The molecule has 0 radical (unpaired) electrons. The van der Waals surface area contributed by atoms with Gasteiger partial charge in [0.05, 0.1) is 12.6 Å². The highest BCUT2D eigenvalue weighted by Gasteiger charge is 2.10. The van der Waals surface area contributed by atoms with Crippen molar-refractivity contribution in [3.05, 3.63) is 58.2 Å². The Kier molecular flexibility index (Phi) is 5.42. The van der Waals surface area contributed by atoms with Crippen LogP contribution in [0.2, 0.25) is 0 Å². The molecule has 0 spiro atoms. The number of hydrogen-bond donors (Lipinski definition) is 1. The van der Waals surface area contributed by atoms with E-state index >= 15 is 0 Å².